The van der Waals surface area contributed by atoms with Crippen LogP contribution in [0.4, 0.5) is 0 Å². The molecular weight excluding hydrogens is 990 g/mol. The zero-order valence-electron chi connectivity index (χ0n) is 37.0. The molecule has 4 amide bonds. The minimum absolute atomic E-state index is 0.00475. The van der Waals surface area contributed by atoms with Gasteiger partial charge in [0.1, 0.15) is 0 Å². The van der Waals surface area contributed by atoms with Crippen LogP contribution in [0, 0.1) is 16.2 Å². The third-order valence-electron chi connectivity index (χ3n) is 11.9. The summed E-state index contributed by atoms with van der Waals surface area (Å²) in [5.41, 5.74) is 5.23. The molecule has 64 heavy (non-hydrogen) atoms. The van der Waals surface area contributed by atoms with Crippen molar-refractivity contribution in [2.75, 3.05) is 26.3 Å². The van der Waals surface area contributed by atoms with Crippen LogP contribution in [-0.2, 0) is 22.7 Å². The van der Waals surface area contributed by atoms with E-state index in [0.717, 1.165) is 37.9 Å². The molecule has 8 rings (SSSR count). The maximum absolute atomic E-state index is 15.0. The van der Waals surface area contributed by atoms with Crippen molar-refractivity contribution in [3.63, 3.8) is 0 Å². The average Bonchev–Trinajstić information content (AvgIpc) is 3.76. The first-order valence-electron chi connectivity index (χ1n) is 21.8. The Morgan fingerprint density at radius 3 is 1.50 bits per heavy atom. The van der Waals surface area contributed by atoms with E-state index in [-0.39, 0.29) is 24.9 Å². The van der Waals surface area contributed by atoms with Gasteiger partial charge in [-0.05, 0) is 6.92 Å². The van der Waals surface area contributed by atoms with E-state index in [2.05, 4.69) is 89.3 Å². The van der Waals surface area contributed by atoms with Crippen LogP contribution in [0.1, 0.15) is 94.1 Å². The fraction of sp³-hybridized carbons (Fsp3) is 0.218. The fourth-order valence-electron chi connectivity index (χ4n) is 9.24. The van der Waals surface area contributed by atoms with Crippen molar-refractivity contribution in [1.29, 1.82) is 0 Å². The van der Waals surface area contributed by atoms with Gasteiger partial charge in [-0.3, -0.25) is 0 Å². The first kappa shape index (κ1) is 44.7. The van der Waals surface area contributed by atoms with Gasteiger partial charge >= 0.3 is 361 Å². The molecule has 9 heteroatoms. The normalized spacial score (nSPS) is 17.1. The molecule has 3 heterocycles. The van der Waals surface area contributed by atoms with Crippen LogP contribution < -0.4 is 15.9 Å². The summed E-state index contributed by atoms with van der Waals surface area (Å²) in [5, 5.41) is 5.15. The Labute approximate surface area is 386 Å². The van der Waals surface area contributed by atoms with E-state index in [1.165, 1.54) is 9.80 Å². The number of ether oxygens (including phenoxy) is 1. The molecule has 5 aromatic rings. The van der Waals surface area contributed by atoms with Gasteiger partial charge in [0.25, 0.3) is 0 Å². The van der Waals surface area contributed by atoms with Crippen LogP contribution in [0.15, 0.2) is 149 Å². The molecule has 0 radical (unpaired) electrons. The quantitative estimate of drug-likeness (QED) is 0.0707. The van der Waals surface area contributed by atoms with E-state index >= 15 is 4.79 Å². The van der Waals surface area contributed by atoms with Crippen LogP contribution in [-0.4, -0.2) is 59.7 Å². The molecule has 0 aliphatic carbocycles. The Morgan fingerprint density at radius 1 is 0.656 bits per heavy atom. The number of amides is 4. The summed E-state index contributed by atoms with van der Waals surface area (Å²) < 4.78 is 9.81. The predicted octanol–water partition coefficient (Wildman–Crippen LogP) is 10.0. The molecule has 0 saturated carbocycles. The van der Waals surface area contributed by atoms with Crippen LogP contribution in [0.3, 0.4) is 0 Å². The molecule has 5 aromatic carbocycles. The zero-order valence-corrected chi connectivity index (χ0v) is 40.4. The van der Waals surface area contributed by atoms with Crippen molar-refractivity contribution in [3.8, 4) is 4.37 Å². The molecule has 0 unspecified atom stereocenters. The number of carbonyl (C=O) groups excluding carboxylic acids is 4. The van der Waals surface area contributed by atoms with Gasteiger partial charge < -0.3 is 0 Å². The van der Waals surface area contributed by atoms with E-state index in [1.54, 1.807) is 36.2 Å². The number of imide groups is 2. The second kappa shape index (κ2) is 18.7. The molecule has 0 bridgehead atoms. The number of benzene rings is 5. The molecule has 3 aliphatic heterocycles. The maximum atomic E-state index is 15.0. The minimum atomic E-state index is -2.70. The summed E-state index contributed by atoms with van der Waals surface area (Å²) in [4.78, 5) is 61.3. The molecule has 0 atom stereocenters. The number of rotatable bonds is 12. The molecule has 323 valence electrons. The fourth-order valence-corrected chi connectivity index (χ4v) is 15.1. The van der Waals surface area contributed by atoms with Crippen molar-refractivity contribution >= 4 is 69.7 Å². The summed E-state index contributed by atoms with van der Waals surface area (Å²) in [6.45, 7) is 13.1. The topological polar surface area (TPSA) is 84.0 Å². The Morgan fingerprint density at radius 2 is 1.09 bits per heavy atom. The number of carbonyl (C=O) groups is 4. The molecule has 3 aliphatic rings. The van der Waals surface area contributed by atoms with Crippen molar-refractivity contribution in [2.45, 2.75) is 41.5 Å². The van der Waals surface area contributed by atoms with E-state index in [1.807, 2.05) is 78.0 Å². The van der Waals surface area contributed by atoms with E-state index in [9.17, 15) is 14.4 Å². The third-order valence-corrected chi connectivity index (χ3v) is 17.3. The Balaban J connectivity index is 1.50. The van der Waals surface area contributed by atoms with E-state index < -0.39 is 30.9 Å². The molecule has 0 aromatic heterocycles. The van der Waals surface area contributed by atoms with Gasteiger partial charge in [-0.15, -0.1) is 0 Å². The van der Waals surface area contributed by atoms with E-state index in [0.29, 0.717) is 57.4 Å². The Bertz CT molecular complexity index is 2820. The molecule has 7 nitrogen and oxygen atoms in total. The van der Waals surface area contributed by atoms with Gasteiger partial charge in [0.2, 0.25) is 0 Å². The summed E-state index contributed by atoms with van der Waals surface area (Å²) in [7, 11) is -2.70. The van der Waals surface area contributed by atoms with E-state index in [4.69, 9.17) is 4.74 Å². The summed E-state index contributed by atoms with van der Waals surface area (Å²) in [5.74, 6) is -1.77. The van der Waals surface area contributed by atoms with Crippen molar-refractivity contribution in [3.05, 3.63) is 183 Å². The SMILES string of the molecule is CC=C1COCC1=CC(/C=C/c1cc2c3c(c(/C=C/C)cc4c3c1C(=O)N(CC(C)C)C4=O)C(=O)N(CC(C)C)C2=O)=C([C]#[Os])[P+](c1ccccc1)(c1ccccc1)c1ccccc1. The van der Waals surface area contributed by atoms with Gasteiger partial charge in [0, 0.05) is 0 Å². The summed E-state index contributed by atoms with van der Waals surface area (Å²) in [6, 6.07) is 35.3. The first-order valence-corrected chi connectivity index (χ1v) is 24.8. The van der Waals surface area contributed by atoms with Crippen molar-refractivity contribution < 1.29 is 41.9 Å². The number of allylic oxidation sites excluding steroid dienone is 6. The summed E-state index contributed by atoms with van der Waals surface area (Å²) in [6.07, 6.45) is 11.9. The van der Waals surface area contributed by atoms with Gasteiger partial charge in [-0.1, -0.05) is 19.9 Å². The van der Waals surface area contributed by atoms with Crippen LogP contribution in [0.2, 0.25) is 0 Å². The van der Waals surface area contributed by atoms with Gasteiger partial charge in [-0.2, -0.15) is 0 Å². The second-order valence-electron chi connectivity index (χ2n) is 17.1. The van der Waals surface area contributed by atoms with Crippen LogP contribution >= 0.6 is 7.26 Å². The average molecular weight is 1040 g/mol. The molecule has 1 saturated heterocycles. The Hall–Kier alpha value is -5.85. The standard InChI is InChI=1S/C55H51N2O5P.Os/c1-8-19-40-29-46-51-49(55(61)57(52(46)58)32-36(5)6)41(30-47-50(51)48(40)54(60)56(53(47)59)31-35(3)4)27-26-39(28-42-34-62-33-38(42)9-2)37(7)63(43-20-13-10-14-21-43,44-22-15-11-16-23-44)45-24-17-12-18-25-45;/h8-30,35-36H,31-34H2,1-6H3;/q+1;/b19-8+,27-26+,38-9?,39-37?,42-28?;. The number of hydrogen-bond acceptors (Lipinski definition) is 5. The van der Waals surface area contributed by atoms with Crippen molar-refractivity contribution in [1.82, 2.24) is 9.80 Å². The van der Waals surface area contributed by atoms with Gasteiger partial charge in [0.15, 0.2) is 0 Å². The Kier molecular flexibility index (Phi) is 13.1. The monoisotopic (exact) mass is 1040 g/mol. The molecule has 0 N–H and O–H groups in total. The van der Waals surface area contributed by atoms with Crippen molar-refractivity contribution in [2.24, 2.45) is 11.8 Å². The first-order chi connectivity index (χ1) is 31.0. The van der Waals surface area contributed by atoms with Gasteiger partial charge in [0.05, 0.1) is 0 Å². The molecular formula is C55H51N2O5OsP+. The third kappa shape index (κ3) is 7.78. The second-order valence-corrected chi connectivity index (χ2v) is 21.1. The summed E-state index contributed by atoms with van der Waals surface area (Å²) >= 11 is 1.69. The van der Waals surface area contributed by atoms with Crippen LogP contribution in [0.25, 0.3) is 22.9 Å². The zero-order chi connectivity index (χ0) is 45.3. The van der Waals surface area contributed by atoms with Crippen LogP contribution in [0.5, 0.6) is 0 Å². The number of hydrogen-bond donors (Lipinski definition) is 0. The molecule has 1 fully saturated rings. The molecule has 0 spiro atoms. The van der Waals surface area contributed by atoms with Gasteiger partial charge in [-0.25, -0.2) is 0 Å². The predicted molar refractivity (Wildman–Crippen MR) is 257 cm³/mol. The number of nitrogens with zero attached hydrogens (tertiary/aromatic N) is 2.